The molecule has 0 heterocycles. The van der Waals surface area contributed by atoms with Crippen molar-refractivity contribution in [1.29, 1.82) is 0 Å². The van der Waals surface area contributed by atoms with Gasteiger partial charge in [0.15, 0.2) is 0 Å². The molecule has 0 unspecified atom stereocenters. The molecular weight excluding hydrogens is 368 g/mol. The van der Waals surface area contributed by atoms with Crippen molar-refractivity contribution in [2.45, 2.75) is 25.2 Å². The summed E-state index contributed by atoms with van der Waals surface area (Å²) in [6.45, 7) is 3.88. The highest BCUT2D eigenvalue weighted by atomic mass is 79.9. The van der Waals surface area contributed by atoms with Crippen molar-refractivity contribution in [3.05, 3.63) is 22.7 Å². The van der Waals surface area contributed by atoms with Gasteiger partial charge in [0.25, 0.3) is 0 Å². The third kappa shape index (κ3) is 5.39. The molecule has 114 valence electrons. The fourth-order valence-electron chi connectivity index (χ4n) is 1.42. The fourth-order valence-corrected chi connectivity index (χ4v) is 4.43. The molecule has 0 bridgehead atoms. The van der Waals surface area contributed by atoms with E-state index in [0.717, 1.165) is 0 Å². The Balaban J connectivity index is 2.93. The average Bonchev–Trinajstić information content (AvgIpc) is 2.24. The molecule has 0 radical (unpaired) electrons. The molecule has 0 spiro atoms. The van der Waals surface area contributed by atoms with Gasteiger partial charge in [0.05, 0.1) is 10.6 Å². The van der Waals surface area contributed by atoms with Gasteiger partial charge in [0, 0.05) is 10.2 Å². The van der Waals surface area contributed by atoms with Gasteiger partial charge in [-0.3, -0.25) is 4.72 Å². The Morgan fingerprint density at radius 3 is 2.30 bits per heavy atom. The summed E-state index contributed by atoms with van der Waals surface area (Å²) in [7, 11) is -7.29. The first-order chi connectivity index (χ1) is 9.01. The van der Waals surface area contributed by atoms with Crippen molar-refractivity contribution in [3.8, 4) is 0 Å². The van der Waals surface area contributed by atoms with Crippen LogP contribution >= 0.6 is 15.9 Å². The minimum absolute atomic E-state index is 0.0131. The smallest absolute Gasteiger partial charge is 0.239 e. The van der Waals surface area contributed by atoms with E-state index in [9.17, 15) is 16.8 Å². The van der Waals surface area contributed by atoms with Crippen LogP contribution in [0.2, 0.25) is 0 Å². The lowest BCUT2D eigenvalue weighted by Crippen LogP contribution is -2.18. The van der Waals surface area contributed by atoms with Gasteiger partial charge in [0.2, 0.25) is 20.0 Å². The van der Waals surface area contributed by atoms with Gasteiger partial charge in [-0.25, -0.2) is 22.0 Å². The third-order valence-electron chi connectivity index (χ3n) is 2.48. The van der Waals surface area contributed by atoms with Crippen LogP contribution in [0.4, 0.5) is 5.69 Å². The fraction of sp³-hybridized carbons (Fsp3) is 0.455. The molecule has 0 aliphatic rings. The Kier molecular flexibility index (Phi) is 5.59. The average molecular weight is 385 g/mol. The zero-order chi connectivity index (χ0) is 15.6. The van der Waals surface area contributed by atoms with Gasteiger partial charge in [-0.15, -0.1) is 0 Å². The molecule has 9 heteroatoms. The van der Waals surface area contributed by atoms with Gasteiger partial charge in [0.1, 0.15) is 0 Å². The van der Waals surface area contributed by atoms with E-state index in [1.807, 2.05) is 13.8 Å². The molecule has 6 nitrogen and oxygen atoms in total. The van der Waals surface area contributed by atoms with Crippen LogP contribution in [0.15, 0.2) is 27.6 Å². The Hall–Kier alpha value is -0.640. The molecule has 3 N–H and O–H groups in total. The van der Waals surface area contributed by atoms with Crippen LogP contribution in [0.1, 0.15) is 20.3 Å². The van der Waals surface area contributed by atoms with Crippen LogP contribution < -0.4 is 9.86 Å². The predicted octanol–water partition coefficient (Wildman–Crippen LogP) is 1.88. The summed E-state index contributed by atoms with van der Waals surface area (Å²) < 4.78 is 48.7. The molecule has 0 atom stereocenters. The highest BCUT2D eigenvalue weighted by Crippen LogP contribution is 2.25. The standard InChI is InChI=1S/C11H17BrN2O4S2/c1-8(2)5-6-19(15,16)14-9-3-4-11(10(12)7-9)20(13,17)18/h3-4,7-8,14H,5-6H2,1-2H3,(H2,13,17,18). The first kappa shape index (κ1) is 17.4. The molecule has 1 aromatic rings. The first-order valence-electron chi connectivity index (χ1n) is 5.84. The summed E-state index contributed by atoms with van der Waals surface area (Å²) in [4.78, 5) is -0.0948. The second-order valence-corrected chi connectivity index (χ2v) is 9.02. The Bertz CT molecular complexity index is 684. The minimum atomic E-state index is -3.84. The lowest BCUT2D eigenvalue weighted by molar-refractivity contribution is 0.578. The SMILES string of the molecule is CC(C)CCS(=O)(=O)Nc1ccc(S(N)(=O)=O)c(Br)c1. The summed E-state index contributed by atoms with van der Waals surface area (Å²) in [5.41, 5.74) is 0.285. The van der Waals surface area contributed by atoms with Gasteiger partial charge >= 0.3 is 0 Å². The van der Waals surface area contributed by atoms with Crippen molar-refractivity contribution in [1.82, 2.24) is 0 Å². The molecule has 0 saturated carbocycles. The van der Waals surface area contributed by atoms with E-state index in [1.54, 1.807) is 0 Å². The van der Waals surface area contributed by atoms with Crippen LogP contribution in [-0.2, 0) is 20.0 Å². The van der Waals surface area contributed by atoms with E-state index in [-0.39, 0.29) is 26.7 Å². The van der Waals surface area contributed by atoms with Gasteiger partial charge in [-0.2, -0.15) is 0 Å². The molecule has 1 rings (SSSR count). The van der Waals surface area contributed by atoms with Crippen LogP contribution in [-0.4, -0.2) is 22.6 Å². The maximum absolute atomic E-state index is 11.8. The number of sulfonamides is 2. The highest BCUT2D eigenvalue weighted by molar-refractivity contribution is 9.10. The topological polar surface area (TPSA) is 106 Å². The molecule has 0 aliphatic heterocycles. The molecule has 0 fully saturated rings. The number of anilines is 1. The Morgan fingerprint density at radius 1 is 1.25 bits per heavy atom. The van der Waals surface area contributed by atoms with E-state index < -0.39 is 20.0 Å². The Morgan fingerprint density at radius 2 is 1.85 bits per heavy atom. The molecule has 0 aliphatic carbocycles. The number of hydrogen-bond donors (Lipinski definition) is 2. The minimum Gasteiger partial charge on any atom is -0.284 e. The second-order valence-electron chi connectivity index (χ2n) is 4.79. The molecule has 0 saturated heterocycles. The van der Waals surface area contributed by atoms with E-state index >= 15 is 0 Å². The van der Waals surface area contributed by atoms with Crippen LogP contribution in [0.5, 0.6) is 0 Å². The molecule has 0 amide bonds. The quantitative estimate of drug-likeness (QED) is 0.780. The highest BCUT2D eigenvalue weighted by Gasteiger charge is 2.15. The van der Waals surface area contributed by atoms with E-state index in [2.05, 4.69) is 20.7 Å². The maximum Gasteiger partial charge on any atom is 0.239 e. The summed E-state index contributed by atoms with van der Waals surface area (Å²) in [5, 5.41) is 5.02. The number of nitrogens with one attached hydrogen (secondary N) is 1. The third-order valence-corrected chi connectivity index (χ3v) is 5.68. The second kappa shape index (κ2) is 6.42. The molecule has 20 heavy (non-hydrogen) atoms. The molecule has 0 aromatic heterocycles. The van der Waals surface area contributed by atoms with Crippen LogP contribution in [0.3, 0.4) is 0 Å². The van der Waals surface area contributed by atoms with Crippen molar-refractivity contribution in [3.63, 3.8) is 0 Å². The number of nitrogens with two attached hydrogens (primary N) is 1. The Labute approximate surface area is 128 Å². The lowest BCUT2D eigenvalue weighted by Gasteiger charge is -2.10. The van der Waals surface area contributed by atoms with E-state index in [0.29, 0.717) is 6.42 Å². The lowest BCUT2D eigenvalue weighted by atomic mass is 10.2. The number of hydrogen-bond acceptors (Lipinski definition) is 4. The summed E-state index contributed by atoms with van der Waals surface area (Å²) in [6, 6.07) is 3.98. The van der Waals surface area contributed by atoms with E-state index in [1.165, 1.54) is 18.2 Å². The van der Waals surface area contributed by atoms with Crippen molar-refractivity contribution >= 4 is 41.7 Å². The van der Waals surface area contributed by atoms with Gasteiger partial charge in [-0.1, -0.05) is 13.8 Å². The number of primary sulfonamides is 1. The van der Waals surface area contributed by atoms with Gasteiger partial charge in [-0.05, 0) is 46.5 Å². The summed E-state index contributed by atoms with van der Waals surface area (Å²) in [6.07, 6.45) is 0.547. The zero-order valence-corrected chi connectivity index (χ0v) is 14.3. The largest absolute Gasteiger partial charge is 0.284 e. The predicted molar refractivity (Wildman–Crippen MR) is 82.4 cm³/mol. The maximum atomic E-state index is 11.8. The monoisotopic (exact) mass is 384 g/mol. The van der Waals surface area contributed by atoms with Crippen molar-refractivity contribution in [2.75, 3.05) is 10.5 Å². The normalized spacial score (nSPS) is 12.7. The van der Waals surface area contributed by atoms with Crippen LogP contribution in [0, 0.1) is 5.92 Å². The van der Waals surface area contributed by atoms with Crippen LogP contribution in [0.25, 0.3) is 0 Å². The van der Waals surface area contributed by atoms with Crippen molar-refractivity contribution < 1.29 is 16.8 Å². The van der Waals surface area contributed by atoms with Crippen molar-refractivity contribution in [2.24, 2.45) is 11.1 Å². The molecule has 1 aromatic carbocycles. The summed E-state index contributed by atoms with van der Waals surface area (Å²) >= 11 is 3.06. The molecular formula is C11H17BrN2O4S2. The first-order valence-corrected chi connectivity index (χ1v) is 9.83. The van der Waals surface area contributed by atoms with E-state index in [4.69, 9.17) is 5.14 Å². The van der Waals surface area contributed by atoms with Gasteiger partial charge < -0.3 is 0 Å². The summed E-state index contributed by atoms with van der Waals surface area (Å²) in [5.74, 6) is 0.294. The number of rotatable bonds is 6. The number of benzene rings is 1. The number of halogens is 1. The zero-order valence-electron chi connectivity index (χ0n) is 11.1.